The summed E-state index contributed by atoms with van der Waals surface area (Å²) in [6.07, 6.45) is 0.530. The van der Waals surface area contributed by atoms with Gasteiger partial charge in [0.05, 0.1) is 0 Å². The summed E-state index contributed by atoms with van der Waals surface area (Å²) >= 11 is 0. The van der Waals surface area contributed by atoms with Crippen molar-refractivity contribution < 1.29 is 14.3 Å². The number of hydrogen-bond acceptors (Lipinski definition) is 3. The molecule has 0 aliphatic carbocycles. The van der Waals surface area contributed by atoms with Crippen molar-refractivity contribution in [2.75, 3.05) is 6.61 Å². The van der Waals surface area contributed by atoms with Gasteiger partial charge in [-0.25, -0.2) is 0 Å². The maximum absolute atomic E-state index is 12.9. The van der Waals surface area contributed by atoms with E-state index >= 15 is 0 Å². The van der Waals surface area contributed by atoms with E-state index in [0.717, 1.165) is 5.56 Å². The second-order valence-electron chi connectivity index (χ2n) is 6.70. The summed E-state index contributed by atoms with van der Waals surface area (Å²) in [6.45, 7) is 5.98. The Balaban J connectivity index is 2.16. The lowest BCUT2D eigenvalue weighted by Crippen LogP contribution is -2.51. The third kappa shape index (κ3) is 6.44. The van der Waals surface area contributed by atoms with Crippen LogP contribution in [0.1, 0.15) is 32.8 Å². The first-order chi connectivity index (χ1) is 13.0. The highest BCUT2D eigenvalue weighted by Gasteiger charge is 2.29. The molecule has 0 radical (unpaired) electrons. The quantitative estimate of drug-likeness (QED) is 0.738. The number of hydrogen-bond donors (Lipinski definition) is 1. The van der Waals surface area contributed by atoms with Crippen LogP contribution in [-0.2, 0) is 16.1 Å². The van der Waals surface area contributed by atoms with Gasteiger partial charge in [0, 0.05) is 12.6 Å². The fourth-order valence-electron chi connectivity index (χ4n) is 2.83. The summed E-state index contributed by atoms with van der Waals surface area (Å²) in [4.78, 5) is 27.2. The van der Waals surface area contributed by atoms with E-state index in [1.807, 2.05) is 69.3 Å². The number of nitrogens with one attached hydrogen (secondary N) is 1. The number of nitrogens with zero attached hydrogens (tertiary/aromatic N) is 1. The summed E-state index contributed by atoms with van der Waals surface area (Å²) < 4.78 is 5.62. The molecule has 1 N–H and O–H groups in total. The largest absolute Gasteiger partial charge is 0.484 e. The SMILES string of the molecule is CCC(C(=O)NC(C)C)N(Cc1ccccc1)C(=O)COc1ccccc1. The van der Waals surface area contributed by atoms with Gasteiger partial charge in [0.1, 0.15) is 11.8 Å². The van der Waals surface area contributed by atoms with Crippen molar-refractivity contribution in [3.63, 3.8) is 0 Å². The Morgan fingerprint density at radius 1 is 1.00 bits per heavy atom. The molecule has 27 heavy (non-hydrogen) atoms. The van der Waals surface area contributed by atoms with Gasteiger partial charge < -0.3 is 15.0 Å². The van der Waals surface area contributed by atoms with Gasteiger partial charge >= 0.3 is 0 Å². The Labute approximate surface area is 161 Å². The zero-order valence-corrected chi connectivity index (χ0v) is 16.2. The van der Waals surface area contributed by atoms with Gasteiger partial charge in [0.15, 0.2) is 6.61 Å². The van der Waals surface area contributed by atoms with E-state index in [1.54, 1.807) is 17.0 Å². The van der Waals surface area contributed by atoms with Crippen LogP contribution in [0.4, 0.5) is 0 Å². The van der Waals surface area contributed by atoms with Crippen LogP contribution in [0.2, 0.25) is 0 Å². The molecule has 2 amide bonds. The number of ether oxygens (including phenoxy) is 1. The summed E-state index contributed by atoms with van der Waals surface area (Å²) in [5.41, 5.74) is 0.973. The molecule has 2 aromatic carbocycles. The van der Waals surface area contributed by atoms with Gasteiger partial charge in [-0.2, -0.15) is 0 Å². The maximum atomic E-state index is 12.9. The van der Waals surface area contributed by atoms with Gasteiger partial charge in [-0.1, -0.05) is 55.5 Å². The minimum absolute atomic E-state index is 0.0146. The number of carbonyl (C=O) groups excluding carboxylic acids is 2. The Morgan fingerprint density at radius 2 is 1.59 bits per heavy atom. The van der Waals surface area contributed by atoms with Crippen LogP contribution in [0.25, 0.3) is 0 Å². The topological polar surface area (TPSA) is 58.6 Å². The van der Waals surface area contributed by atoms with Crippen LogP contribution in [-0.4, -0.2) is 35.4 Å². The highest BCUT2D eigenvalue weighted by Crippen LogP contribution is 2.14. The Kier molecular flexibility index (Phi) is 7.86. The molecule has 0 aliphatic rings. The van der Waals surface area contributed by atoms with E-state index in [9.17, 15) is 9.59 Å². The molecule has 1 unspecified atom stereocenters. The molecule has 144 valence electrons. The van der Waals surface area contributed by atoms with Crippen molar-refractivity contribution in [2.24, 2.45) is 0 Å². The fourth-order valence-corrected chi connectivity index (χ4v) is 2.83. The minimum atomic E-state index is -0.542. The second kappa shape index (κ2) is 10.4. The zero-order chi connectivity index (χ0) is 19.6. The predicted molar refractivity (Wildman–Crippen MR) is 106 cm³/mol. The van der Waals surface area contributed by atoms with Crippen LogP contribution < -0.4 is 10.1 Å². The molecule has 0 bridgehead atoms. The number of carbonyl (C=O) groups is 2. The lowest BCUT2D eigenvalue weighted by atomic mass is 10.1. The predicted octanol–water partition coefficient (Wildman–Crippen LogP) is 3.40. The van der Waals surface area contributed by atoms with E-state index in [-0.39, 0.29) is 24.5 Å². The van der Waals surface area contributed by atoms with Gasteiger partial charge in [0.2, 0.25) is 5.91 Å². The van der Waals surface area contributed by atoms with Gasteiger partial charge in [0.25, 0.3) is 5.91 Å². The maximum Gasteiger partial charge on any atom is 0.261 e. The van der Waals surface area contributed by atoms with Crippen molar-refractivity contribution in [1.29, 1.82) is 0 Å². The molecule has 2 aromatic rings. The monoisotopic (exact) mass is 368 g/mol. The first-order valence-electron chi connectivity index (χ1n) is 9.32. The molecule has 0 spiro atoms. The Bertz CT molecular complexity index is 717. The second-order valence-corrected chi connectivity index (χ2v) is 6.70. The normalized spacial score (nSPS) is 11.7. The molecular weight excluding hydrogens is 340 g/mol. The molecule has 0 heterocycles. The standard InChI is InChI=1S/C22H28N2O3/c1-4-20(22(26)23-17(2)3)24(15-18-11-7-5-8-12-18)21(25)16-27-19-13-9-6-10-14-19/h5-14,17,20H,4,15-16H2,1-3H3,(H,23,26). The van der Waals surface area contributed by atoms with E-state index in [0.29, 0.717) is 18.7 Å². The molecule has 0 fully saturated rings. The van der Waals surface area contributed by atoms with Crippen LogP contribution in [0.5, 0.6) is 5.75 Å². The minimum Gasteiger partial charge on any atom is -0.484 e. The van der Waals surface area contributed by atoms with Crippen LogP contribution in [0.15, 0.2) is 60.7 Å². The van der Waals surface area contributed by atoms with Crippen molar-refractivity contribution in [1.82, 2.24) is 10.2 Å². The number of para-hydroxylation sites is 1. The van der Waals surface area contributed by atoms with E-state index in [2.05, 4.69) is 5.32 Å². The van der Waals surface area contributed by atoms with Crippen LogP contribution in [0, 0.1) is 0 Å². The van der Waals surface area contributed by atoms with Crippen LogP contribution >= 0.6 is 0 Å². The van der Waals surface area contributed by atoms with Crippen molar-refractivity contribution in [2.45, 2.75) is 45.8 Å². The smallest absolute Gasteiger partial charge is 0.261 e. The fraction of sp³-hybridized carbons (Fsp3) is 0.364. The highest BCUT2D eigenvalue weighted by atomic mass is 16.5. The molecule has 5 heteroatoms. The van der Waals surface area contributed by atoms with Gasteiger partial charge in [-0.3, -0.25) is 9.59 Å². The highest BCUT2D eigenvalue weighted by molar-refractivity contribution is 5.88. The number of amides is 2. The summed E-state index contributed by atoms with van der Waals surface area (Å²) in [5.74, 6) is 0.273. The average Bonchev–Trinajstić information content (AvgIpc) is 2.67. The van der Waals surface area contributed by atoms with Crippen LogP contribution in [0.3, 0.4) is 0 Å². The number of rotatable bonds is 9. The lowest BCUT2D eigenvalue weighted by molar-refractivity contribution is -0.143. The summed E-state index contributed by atoms with van der Waals surface area (Å²) in [5, 5.41) is 2.92. The Hall–Kier alpha value is -2.82. The number of benzene rings is 2. The van der Waals surface area contributed by atoms with Crippen molar-refractivity contribution in [3.05, 3.63) is 66.2 Å². The first-order valence-corrected chi connectivity index (χ1v) is 9.32. The summed E-state index contributed by atoms with van der Waals surface area (Å²) in [7, 11) is 0. The molecule has 2 rings (SSSR count). The zero-order valence-electron chi connectivity index (χ0n) is 16.2. The summed E-state index contributed by atoms with van der Waals surface area (Å²) in [6, 6.07) is 18.4. The van der Waals surface area contributed by atoms with Gasteiger partial charge in [-0.05, 0) is 38.0 Å². The average molecular weight is 368 g/mol. The van der Waals surface area contributed by atoms with Gasteiger partial charge in [-0.15, -0.1) is 0 Å². The third-order valence-corrected chi connectivity index (χ3v) is 4.12. The van der Waals surface area contributed by atoms with E-state index in [4.69, 9.17) is 4.74 Å². The Morgan fingerprint density at radius 3 is 2.15 bits per heavy atom. The van der Waals surface area contributed by atoms with E-state index in [1.165, 1.54) is 0 Å². The third-order valence-electron chi connectivity index (χ3n) is 4.12. The molecule has 0 saturated carbocycles. The molecule has 1 atom stereocenters. The lowest BCUT2D eigenvalue weighted by Gasteiger charge is -2.31. The first kappa shape index (κ1) is 20.5. The molecule has 5 nitrogen and oxygen atoms in total. The molecule has 0 aliphatic heterocycles. The molecular formula is C22H28N2O3. The molecule has 0 aromatic heterocycles. The van der Waals surface area contributed by atoms with Crippen molar-refractivity contribution >= 4 is 11.8 Å². The van der Waals surface area contributed by atoms with E-state index < -0.39 is 6.04 Å². The van der Waals surface area contributed by atoms with Crippen molar-refractivity contribution in [3.8, 4) is 5.75 Å². The molecule has 0 saturated heterocycles.